The number of alkyl halides is 3. The maximum Gasteiger partial charge on any atom is 0.404 e. The van der Waals surface area contributed by atoms with Crippen LogP contribution in [0.2, 0.25) is 0 Å². The van der Waals surface area contributed by atoms with E-state index in [1.807, 2.05) is 6.07 Å². The molecule has 0 aliphatic carbocycles. The third-order valence-corrected chi connectivity index (χ3v) is 4.08. The predicted molar refractivity (Wildman–Crippen MR) is 71.2 cm³/mol. The maximum atomic E-state index is 13.3. The molecule has 6 heteroatoms. The normalized spacial score (nSPS) is 28.9. The van der Waals surface area contributed by atoms with Gasteiger partial charge >= 0.3 is 6.18 Å². The molecule has 0 aromatic heterocycles. The Morgan fingerprint density at radius 3 is 2.52 bits per heavy atom. The molecule has 0 saturated carbocycles. The summed E-state index contributed by atoms with van der Waals surface area (Å²) >= 11 is 0. The van der Waals surface area contributed by atoms with Gasteiger partial charge in [0.05, 0.1) is 6.07 Å². The number of hydrogen-bond acceptors (Lipinski definition) is 3. The average Bonchev–Trinajstić information content (AvgIpc) is 2.46. The lowest BCUT2D eigenvalue weighted by atomic mass is 9.85. The first kappa shape index (κ1) is 15.8. The van der Waals surface area contributed by atoms with Crippen molar-refractivity contribution in [2.24, 2.45) is 0 Å². The van der Waals surface area contributed by atoms with Crippen LogP contribution in [-0.4, -0.2) is 34.4 Å². The van der Waals surface area contributed by atoms with Crippen LogP contribution in [0.1, 0.15) is 31.4 Å². The molecule has 1 aliphatic heterocycles. The van der Waals surface area contributed by atoms with Crippen LogP contribution in [0.5, 0.6) is 0 Å². The van der Waals surface area contributed by atoms with Crippen LogP contribution in [0, 0.1) is 11.3 Å². The molecule has 0 bridgehead atoms. The molecule has 1 aliphatic rings. The van der Waals surface area contributed by atoms with Crippen molar-refractivity contribution < 1.29 is 18.3 Å². The molecule has 21 heavy (non-hydrogen) atoms. The number of halogens is 3. The minimum absolute atomic E-state index is 0.0211. The molecule has 2 rings (SSSR count). The number of nitriles is 1. The first-order valence-corrected chi connectivity index (χ1v) is 6.78. The highest BCUT2D eigenvalue weighted by atomic mass is 19.4. The Kier molecular flexibility index (Phi) is 4.26. The number of likely N-dealkylation sites (tertiary alicyclic amines) is 1. The molecule has 0 radical (unpaired) electrons. The van der Waals surface area contributed by atoms with Crippen molar-refractivity contribution in [1.29, 1.82) is 5.26 Å². The number of hydrogen-bond donors (Lipinski definition) is 1. The number of benzene rings is 1. The van der Waals surface area contributed by atoms with Gasteiger partial charge in [-0.15, -0.1) is 0 Å². The van der Waals surface area contributed by atoms with Gasteiger partial charge in [0, 0.05) is 25.4 Å². The highest BCUT2D eigenvalue weighted by Gasteiger charge is 2.52. The second-order valence-corrected chi connectivity index (χ2v) is 5.48. The van der Waals surface area contributed by atoms with E-state index in [0.717, 1.165) is 5.56 Å². The second kappa shape index (κ2) is 5.66. The van der Waals surface area contributed by atoms with Crippen molar-refractivity contribution in [3.8, 4) is 6.07 Å². The van der Waals surface area contributed by atoms with Gasteiger partial charge in [0.15, 0.2) is 5.60 Å². The van der Waals surface area contributed by atoms with Gasteiger partial charge < -0.3 is 5.11 Å². The van der Waals surface area contributed by atoms with Gasteiger partial charge in [0.1, 0.15) is 6.04 Å². The van der Waals surface area contributed by atoms with Crippen LogP contribution in [0.4, 0.5) is 13.2 Å². The molecule has 1 aromatic carbocycles. The zero-order valence-electron chi connectivity index (χ0n) is 11.6. The monoisotopic (exact) mass is 298 g/mol. The lowest BCUT2D eigenvalue weighted by Crippen LogP contribution is -2.56. The summed E-state index contributed by atoms with van der Waals surface area (Å²) in [5.41, 5.74) is -1.11. The summed E-state index contributed by atoms with van der Waals surface area (Å²) < 4.78 is 39.9. The lowest BCUT2D eigenvalue weighted by molar-refractivity contribution is -0.212. The van der Waals surface area contributed by atoms with Gasteiger partial charge in [-0.25, -0.2) is 0 Å². The SMILES string of the molecule is C[C@H](c1ccccc1)N1CCC(O)(C#N)C[C@@H]1C(F)(F)F. The number of aliphatic hydroxyl groups is 1. The Morgan fingerprint density at radius 1 is 1.38 bits per heavy atom. The summed E-state index contributed by atoms with van der Waals surface area (Å²) in [6.45, 7) is 1.75. The minimum atomic E-state index is -4.48. The van der Waals surface area contributed by atoms with Crippen LogP contribution in [0.25, 0.3) is 0 Å². The zero-order chi connectivity index (χ0) is 15.7. The molecule has 1 unspecified atom stereocenters. The van der Waals surface area contributed by atoms with Crippen molar-refractivity contribution in [3.05, 3.63) is 35.9 Å². The Balaban J connectivity index is 2.28. The standard InChI is InChI=1S/C15H17F3N2O/c1-11(12-5-3-2-4-6-12)20-8-7-14(21,10-19)9-13(20)15(16,17)18/h2-6,11,13,21H,7-9H2,1H3/t11-,13-,14?/m1/s1. The number of piperidine rings is 1. The summed E-state index contributed by atoms with van der Waals surface area (Å²) in [6.07, 6.45) is -5.06. The van der Waals surface area contributed by atoms with Crippen molar-refractivity contribution in [3.63, 3.8) is 0 Å². The van der Waals surface area contributed by atoms with Gasteiger partial charge in [-0.2, -0.15) is 18.4 Å². The molecule has 1 aromatic rings. The van der Waals surface area contributed by atoms with Crippen molar-refractivity contribution >= 4 is 0 Å². The Labute approximate surface area is 121 Å². The second-order valence-electron chi connectivity index (χ2n) is 5.48. The fraction of sp³-hybridized carbons (Fsp3) is 0.533. The average molecular weight is 298 g/mol. The highest BCUT2D eigenvalue weighted by Crippen LogP contribution is 2.40. The summed E-state index contributed by atoms with van der Waals surface area (Å²) in [5.74, 6) is 0. The van der Waals surface area contributed by atoms with E-state index in [1.165, 1.54) is 4.90 Å². The van der Waals surface area contributed by atoms with E-state index in [4.69, 9.17) is 5.26 Å². The van der Waals surface area contributed by atoms with E-state index >= 15 is 0 Å². The van der Waals surface area contributed by atoms with Crippen LogP contribution < -0.4 is 0 Å². The van der Waals surface area contributed by atoms with E-state index in [9.17, 15) is 18.3 Å². The topological polar surface area (TPSA) is 47.3 Å². The molecule has 3 atom stereocenters. The molecular weight excluding hydrogens is 281 g/mol. The molecule has 1 fully saturated rings. The Bertz CT molecular complexity index is 526. The molecular formula is C15H17F3N2O. The predicted octanol–water partition coefficient (Wildman–Crippen LogP) is 3.03. The molecule has 1 N–H and O–H groups in total. The van der Waals surface area contributed by atoms with Crippen LogP contribution in [-0.2, 0) is 0 Å². The van der Waals surface area contributed by atoms with Crippen molar-refractivity contribution in [2.45, 2.75) is 43.6 Å². The van der Waals surface area contributed by atoms with E-state index in [2.05, 4.69) is 0 Å². The molecule has 1 heterocycles. The molecule has 0 amide bonds. The fourth-order valence-electron chi connectivity index (χ4n) is 2.80. The molecule has 3 nitrogen and oxygen atoms in total. The van der Waals surface area contributed by atoms with E-state index in [-0.39, 0.29) is 13.0 Å². The van der Waals surface area contributed by atoms with Crippen LogP contribution in [0.3, 0.4) is 0 Å². The lowest BCUT2D eigenvalue weighted by Gasteiger charge is -2.44. The molecule has 0 spiro atoms. The quantitative estimate of drug-likeness (QED) is 0.854. The van der Waals surface area contributed by atoms with E-state index in [0.29, 0.717) is 0 Å². The van der Waals surface area contributed by atoms with Crippen molar-refractivity contribution in [1.82, 2.24) is 4.90 Å². The van der Waals surface area contributed by atoms with Gasteiger partial charge in [-0.1, -0.05) is 30.3 Å². The largest absolute Gasteiger partial charge is 0.404 e. The summed E-state index contributed by atoms with van der Waals surface area (Å²) in [7, 11) is 0. The zero-order valence-corrected chi connectivity index (χ0v) is 11.6. The fourth-order valence-corrected chi connectivity index (χ4v) is 2.80. The number of rotatable bonds is 2. The van der Waals surface area contributed by atoms with Gasteiger partial charge in [0.25, 0.3) is 0 Å². The maximum absolute atomic E-state index is 13.3. The summed E-state index contributed by atoms with van der Waals surface area (Å²) in [4.78, 5) is 1.32. The third kappa shape index (κ3) is 3.36. The first-order valence-electron chi connectivity index (χ1n) is 6.78. The van der Waals surface area contributed by atoms with Crippen molar-refractivity contribution in [2.75, 3.05) is 6.54 Å². The smallest absolute Gasteiger partial charge is 0.375 e. The first-order chi connectivity index (χ1) is 9.77. The summed E-state index contributed by atoms with van der Waals surface area (Å²) in [5, 5.41) is 18.8. The van der Waals surface area contributed by atoms with Gasteiger partial charge in [0.2, 0.25) is 0 Å². The molecule has 114 valence electrons. The van der Waals surface area contributed by atoms with Crippen LogP contribution >= 0.6 is 0 Å². The third-order valence-electron chi connectivity index (χ3n) is 4.08. The Morgan fingerprint density at radius 2 is 2.00 bits per heavy atom. The summed E-state index contributed by atoms with van der Waals surface area (Å²) in [6, 6.07) is 8.30. The minimum Gasteiger partial charge on any atom is -0.375 e. The van der Waals surface area contributed by atoms with Gasteiger partial charge in [-0.3, -0.25) is 4.90 Å². The van der Waals surface area contributed by atoms with Gasteiger partial charge in [-0.05, 0) is 12.5 Å². The van der Waals surface area contributed by atoms with E-state index < -0.39 is 30.3 Å². The number of nitrogens with zero attached hydrogens (tertiary/aromatic N) is 2. The van der Waals surface area contributed by atoms with E-state index in [1.54, 1.807) is 37.3 Å². The van der Waals surface area contributed by atoms with Crippen LogP contribution in [0.15, 0.2) is 30.3 Å². The highest BCUT2D eigenvalue weighted by molar-refractivity contribution is 5.20. The Hall–Kier alpha value is -1.58. The molecule has 1 saturated heterocycles.